The number of fused-ring (bicyclic) bond motifs is 1. The Hall–Kier alpha value is -2.30. The standard InChI is InChI=1S/C16H11BrN6OS2/c17-10-4-3-5-11(8-10)18-15-20-21-16(26-15)25-9-23-14(24)12-6-1-2-7-13(12)19-22-23/h1-8H,9H2,(H,18,20). The van der Waals surface area contributed by atoms with E-state index in [4.69, 9.17) is 0 Å². The molecule has 0 amide bonds. The van der Waals surface area contributed by atoms with Gasteiger partial charge in [-0.25, -0.2) is 0 Å². The Balaban J connectivity index is 1.47. The van der Waals surface area contributed by atoms with Gasteiger partial charge >= 0.3 is 0 Å². The Bertz CT molecular complexity index is 1130. The summed E-state index contributed by atoms with van der Waals surface area (Å²) in [5, 5.41) is 20.7. The third-order valence-corrected chi connectivity index (χ3v) is 5.85. The molecular weight excluding hydrogens is 436 g/mol. The Morgan fingerprint density at radius 2 is 2.00 bits per heavy atom. The molecule has 130 valence electrons. The van der Waals surface area contributed by atoms with Crippen molar-refractivity contribution in [1.82, 2.24) is 25.2 Å². The third-order valence-electron chi connectivity index (χ3n) is 3.42. The molecule has 0 aliphatic heterocycles. The molecule has 2 aromatic carbocycles. The summed E-state index contributed by atoms with van der Waals surface area (Å²) >= 11 is 6.23. The smallest absolute Gasteiger partial charge is 0.278 e. The first kappa shape index (κ1) is 17.1. The maximum absolute atomic E-state index is 12.4. The largest absolute Gasteiger partial charge is 0.330 e. The van der Waals surface area contributed by atoms with E-state index in [1.165, 1.54) is 27.8 Å². The molecule has 0 saturated carbocycles. The van der Waals surface area contributed by atoms with E-state index in [0.29, 0.717) is 21.9 Å². The molecule has 26 heavy (non-hydrogen) atoms. The molecule has 4 aromatic rings. The average Bonchev–Trinajstić information content (AvgIpc) is 3.09. The van der Waals surface area contributed by atoms with E-state index in [1.807, 2.05) is 36.4 Å². The van der Waals surface area contributed by atoms with Crippen LogP contribution in [0.15, 0.2) is 62.1 Å². The number of aromatic nitrogens is 5. The van der Waals surface area contributed by atoms with Gasteiger partial charge in [0.25, 0.3) is 5.56 Å². The van der Waals surface area contributed by atoms with Crippen molar-refractivity contribution in [3.05, 3.63) is 63.4 Å². The molecule has 0 unspecified atom stereocenters. The zero-order chi connectivity index (χ0) is 17.9. The maximum atomic E-state index is 12.4. The van der Waals surface area contributed by atoms with E-state index in [9.17, 15) is 4.79 Å². The van der Waals surface area contributed by atoms with E-state index in [-0.39, 0.29) is 5.56 Å². The highest BCUT2D eigenvalue weighted by Gasteiger charge is 2.09. The number of hydrogen-bond acceptors (Lipinski definition) is 8. The van der Waals surface area contributed by atoms with Gasteiger partial charge < -0.3 is 5.32 Å². The summed E-state index contributed by atoms with van der Waals surface area (Å²) < 4.78 is 3.05. The normalized spacial score (nSPS) is 11.0. The van der Waals surface area contributed by atoms with E-state index in [0.717, 1.165) is 14.5 Å². The molecule has 10 heteroatoms. The predicted molar refractivity (Wildman–Crippen MR) is 107 cm³/mol. The average molecular weight is 447 g/mol. The van der Waals surface area contributed by atoms with Gasteiger partial charge in [-0.1, -0.05) is 62.4 Å². The number of rotatable bonds is 5. The Morgan fingerprint density at radius 1 is 1.12 bits per heavy atom. The highest BCUT2D eigenvalue weighted by atomic mass is 79.9. The monoisotopic (exact) mass is 446 g/mol. The zero-order valence-electron chi connectivity index (χ0n) is 13.2. The maximum Gasteiger partial charge on any atom is 0.278 e. The van der Waals surface area contributed by atoms with Gasteiger partial charge in [0.2, 0.25) is 5.13 Å². The van der Waals surface area contributed by atoms with Crippen LogP contribution in [-0.2, 0) is 5.88 Å². The molecule has 7 nitrogen and oxygen atoms in total. The molecule has 2 aromatic heterocycles. The van der Waals surface area contributed by atoms with Crippen LogP contribution in [0.25, 0.3) is 10.9 Å². The Morgan fingerprint density at radius 3 is 2.88 bits per heavy atom. The van der Waals surface area contributed by atoms with Gasteiger partial charge in [-0.2, -0.15) is 4.68 Å². The van der Waals surface area contributed by atoms with Crippen LogP contribution in [0, 0.1) is 0 Å². The highest BCUT2D eigenvalue weighted by molar-refractivity contribution is 9.10. The molecule has 0 spiro atoms. The number of halogens is 1. The van der Waals surface area contributed by atoms with Crippen LogP contribution in [0.2, 0.25) is 0 Å². The van der Waals surface area contributed by atoms with Crippen molar-refractivity contribution in [1.29, 1.82) is 0 Å². The molecule has 0 saturated heterocycles. The van der Waals surface area contributed by atoms with Crippen LogP contribution in [0.4, 0.5) is 10.8 Å². The van der Waals surface area contributed by atoms with Crippen molar-refractivity contribution < 1.29 is 0 Å². The Kier molecular flexibility index (Phi) is 4.96. The quantitative estimate of drug-likeness (QED) is 0.465. The van der Waals surface area contributed by atoms with Gasteiger partial charge in [0.1, 0.15) is 5.52 Å². The lowest BCUT2D eigenvalue weighted by Crippen LogP contribution is -2.23. The molecule has 0 bridgehead atoms. The summed E-state index contributed by atoms with van der Waals surface area (Å²) in [5.41, 5.74) is 1.35. The van der Waals surface area contributed by atoms with Gasteiger partial charge in [0.15, 0.2) is 4.34 Å². The first-order valence-electron chi connectivity index (χ1n) is 7.50. The number of benzene rings is 2. The summed E-state index contributed by atoms with van der Waals surface area (Å²) in [6.07, 6.45) is 0. The topological polar surface area (TPSA) is 85.6 Å². The zero-order valence-corrected chi connectivity index (χ0v) is 16.4. The van der Waals surface area contributed by atoms with Crippen molar-refractivity contribution in [3.8, 4) is 0 Å². The summed E-state index contributed by atoms with van der Waals surface area (Å²) in [4.78, 5) is 12.4. The minimum Gasteiger partial charge on any atom is -0.330 e. The van der Waals surface area contributed by atoms with Gasteiger partial charge in [-0.3, -0.25) is 4.79 Å². The van der Waals surface area contributed by atoms with Crippen molar-refractivity contribution >= 4 is 60.8 Å². The van der Waals surface area contributed by atoms with Crippen LogP contribution >= 0.6 is 39.0 Å². The summed E-state index contributed by atoms with van der Waals surface area (Å²) in [7, 11) is 0. The van der Waals surface area contributed by atoms with E-state index in [1.54, 1.807) is 12.1 Å². The number of nitrogens with zero attached hydrogens (tertiary/aromatic N) is 5. The number of thioether (sulfide) groups is 1. The first-order valence-corrected chi connectivity index (χ1v) is 10.1. The second-order valence-corrected chi connectivity index (χ2v) is 8.28. The minimum absolute atomic E-state index is 0.167. The lowest BCUT2D eigenvalue weighted by molar-refractivity contribution is 0.644. The minimum atomic E-state index is -0.167. The molecule has 0 aliphatic carbocycles. The number of anilines is 2. The summed E-state index contributed by atoms with van der Waals surface area (Å²) in [6, 6.07) is 15.0. The fraction of sp³-hybridized carbons (Fsp3) is 0.0625. The number of hydrogen-bond donors (Lipinski definition) is 1. The van der Waals surface area contributed by atoms with E-state index >= 15 is 0 Å². The van der Waals surface area contributed by atoms with E-state index in [2.05, 4.69) is 41.8 Å². The second kappa shape index (κ2) is 7.52. The SMILES string of the molecule is O=c1c2ccccc2nnn1CSc1nnc(Nc2cccc(Br)c2)s1. The molecule has 0 radical (unpaired) electrons. The van der Waals surface area contributed by atoms with Crippen LogP contribution in [0.1, 0.15) is 0 Å². The lowest BCUT2D eigenvalue weighted by atomic mass is 10.2. The van der Waals surface area contributed by atoms with Crippen molar-refractivity contribution in [2.75, 3.05) is 5.32 Å². The van der Waals surface area contributed by atoms with Crippen molar-refractivity contribution in [3.63, 3.8) is 0 Å². The van der Waals surface area contributed by atoms with Gasteiger partial charge in [0.05, 0.1) is 11.3 Å². The predicted octanol–water partition coefficient (Wildman–Crippen LogP) is 3.90. The molecule has 4 rings (SSSR count). The van der Waals surface area contributed by atoms with Crippen molar-refractivity contribution in [2.45, 2.75) is 10.2 Å². The lowest BCUT2D eigenvalue weighted by Gasteiger charge is -2.02. The fourth-order valence-electron chi connectivity index (χ4n) is 2.23. The van der Waals surface area contributed by atoms with Crippen LogP contribution in [0.3, 0.4) is 0 Å². The number of nitrogens with one attached hydrogen (secondary N) is 1. The van der Waals surface area contributed by atoms with Gasteiger partial charge in [-0.05, 0) is 30.3 Å². The highest BCUT2D eigenvalue weighted by Crippen LogP contribution is 2.28. The van der Waals surface area contributed by atoms with Gasteiger partial charge in [0, 0.05) is 10.2 Å². The van der Waals surface area contributed by atoms with Crippen LogP contribution in [0.5, 0.6) is 0 Å². The fourth-order valence-corrected chi connectivity index (χ4v) is 4.26. The first-order chi connectivity index (χ1) is 12.7. The van der Waals surface area contributed by atoms with Crippen molar-refractivity contribution in [2.24, 2.45) is 0 Å². The third kappa shape index (κ3) is 3.76. The summed E-state index contributed by atoms with van der Waals surface area (Å²) in [5.74, 6) is 0.322. The van der Waals surface area contributed by atoms with Gasteiger partial charge in [-0.15, -0.1) is 15.3 Å². The summed E-state index contributed by atoms with van der Waals surface area (Å²) in [6.45, 7) is 0. The Labute approximate surface area is 164 Å². The van der Waals surface area contributed by atoms with Crippen LogP contribution in [-0.4, -0.2) is 25.2 Å². The molecule has 0 atom stereocenters. The molecule has 1 N–H and O–H groups in total. The molecular formula is C16H11BrN6OS2. The molecule has 2 heterocycles. The molecule has 0 fully saturated rings. The molecule has 0 aliphatic rings. The van der Waals surface area contributed by atoms with Crippen LogP contribution < -0.4 is 10.9 Å². The second-order valence-electron chi connectivity index (χ2n) is 5.19. The van der Waals surface area contributed by atoms with E-state index < -0.39 is 0 Å².